The number of anilines is 1. The van der Waals surface area contributed by atoms with Crippen molar-refractivity contribution < 1.29 is 8.42 Å². The Balaban J connectivity index is 2.84. The van der Waals surface area contributed by atoms with Gasteiger partial charge in [0.1, 0.15) is 0 Å². The second kappa shape index (κ2) is 4.72. The van der Waals surface area contributed by atoms with E-state index in [9.17, 15) is 8.42 Å². The van der Waals surface area contributed by atoms with E-state index >= 15 is 0 Å². The number of nitrogens with one attached hydrogen (secondary N) is 1. The van der Waals surface area contributed by atoms with Gasteiger partial charge in [0, 0.05) is 12.7 Å². The number of aromatic nitrogens is 1. The average molecular weight is 280 g/mol. The lowest BCUT2D eigenvalue weighted by Gasteiger charge is -2.06. The normalized spacial score (nSPS) is 11.3. The Labute approximate surface area is 90.9 Å². The van der Waals surface area contributed by atoms with Crippen LogP contribution in [0.25, 0.3) is 0 Å². The molecule has 0 amide bonds. The van der Waals surface area contributed by atoms with Crippen LogP contribution in [0.2, 0.25) is 0 Å². The molecule has 0 aromatic carbocycles. The molecule has 1 heterocycles. The van der Waals surface area contributed by atoms with E-state index in [1.807, 2.05) is 0 Å². The summed E-state index contributed by atoms with van der Waals surface area (Å²) in [4.78, 5) is 3.87. The van der Waals surface area contributed by atoms with E-state index in [0.29, 0.717) is 4.47 Å². The van der Waals surface area contributed by atoms with Crippen LogP contribution in [0.5, 0.6) is 0 Å². The molecule has 0 aliphatic heterocycles. The first kappa shape index (κ1) is 11.4. The molecule has 0 radical (unpaired) electrons. The molecule has 3 N–H and O–H groups in total. The Kier molecular flexibility index (Phi) is 3.85. The molecule has 0 aliphatic rings. The largest absolute Gasteiger partial charge is 0.329 e. The van der Waals surface area contributed by atoms with Gasteiger partial charge in [-0.3, -0.25) is 4.72 Å². The fraction of sp³-hybridized carbons (Fsp3) is 0.286. The second-order valence-corrected chi connectivity index (χ2v) is 5.24. The SMILES string of the molecule is NCCS(=O)(=O)Nc1ncccc1Br. The highest BCUT2D eigenvalue weighted by atomic mass is 79.9. The predicted octanol–water partition coefficient (Wildman–Crippen LogP) is 0.545. The minimum atomic E-state index is -3.37. The molecule has 1 rings (SSSR count). The summed E-state index contributed by atoms with van der Waals surface area (Å²) in [6.07, 6.45) is 1.51. The molecule has 0 aliphatic carbocycles. The van der Waals surface area contributed by atoms with Crippen molar-refractivity contribution in [1.82, 2.24) is 4.98 Å². The zero-order chi connectivity index (χ0) is 10.6. The molecule has 78 valence electrons. The van der Waals surface area contributed by atoms with E-state index in [2.05, 4.69) is 25.6 Å². The molecule has 5 nitrogen and oxygen atoms in total. The minimum absolute atomic E-state index is 0.0831. The number of sulfonamides is 1. The molecule has 1 aromatic heterocycles. The first-order valence-electron chi connectivity index (χ1n) is 3.86. The average Bonchev–Trinajstić information content (AvgIpc) is 2.08. The van der Waals surface area contributed by atoms with Crippen LogP contribution < -0.4 is 10.5 Å². The molecule has 0 spiro atoms. The first-order chi connectivity index (χ1) is 6.55. The Morgan fingerprint density at radius 1 is 1.57 bits per heavy atom. The third-order valence-electron chi connectivity index (χ3n) is 1.40. The molecule has 0 saturated heterocycles. The van der Waals surface area contributed by atoms with Crippen LogP contribution in [0.1, 0.15) is 0 Å². The van der Waals surface area contributed by atoms with Crippen LogP contribution >= 0.6 is 15.9 Å². The van der Waals surface area contributed by atoms with Gasteiger partial charge >= 0.3 is 0 Å². The van der Waals surface area contributed by atoms with Crippen molar-refractivity contribution in [3.63, 3.8) is 0 Å². The van der Waals surface area contributed by atoms with Gasteiger partial charge in [-0.15, -0.1) is 0 Å². The lowest BCUT2D eigenvalue weighted by atomic mass is 10.5. The summed E-state index contributed by atoms with van der Waals surface area (Å²) in [6, 6.07) is 3.40. The van der Waals surface area contributed by atoms with Gasteiger partial charge in [-0.05, 0) is 28.1 Å². The summed E-state index contributed by atoms with van der Waals surface area (Å²) in [5, 5.41) is 0. The van der Waals surface area contributed by atoms with Gasteiger partial charge in [0.05, 0.1) is 10.2 Å². The molecule has 0 saturated carbocycles. The zero-order valence-corrected chi connectivity index (χ0v) is 9.68. The number of hydrogen-bond acceptors (Lipinski definition) is 4. The number of nitrogens with zero attached hydrogens (tertiary/aromatic N) is 1. The summed E-state index contributed by atoms with van der Waals surface area (Å²) in [7, 11) is -3.37. The van der Waals surface area contributed by atoms with Gasteiger partial charge in [0.2, 0.25) is 10.0 Å². The Morgan fingerprint density at radius 3 is 2.86 bits per heavy atom. The minimum Gasteiger partial charge on any atom is -0.329 e. The lowest BCUT2D eigenvalue weighted by molar-refractivity contribution is 0.601. The van der Waals surface area contributed by atoms with Gasteiger partial charge in [0.15, 0.2) is 5.82 Å². The molecular formula is C7H10BrN3O2S. The monoisotopic (exact) mass is 279 g/mol. The van der Waals surface area contributed by atoms with Crippen molar-refractivity contribution in [3.05, 3.63) is 22.8 Å². The Morgan fingerprint density at radius 2 is 2.29 bits per heavy atom. The van der Waals surface area contributed by atoms with Crippen molar-refractivity contribution >= 4 is 31.8 Å². The third kappa shape index (κ3) is 3.24. The maximum Gasteiger partial charge on any atom is 0.235 e. The van der Waals surface area contributed by atoms with E-state index in [-0.39, 0.29) is 18.1 Å². The van der Waals surface area contributed by atoms with Crippen LogP contribution in [0.4, 0.5) is 5.82 Å². The maximum atomic E-state index is 11.3. The van der Waals surface area contributed by atoms with Gasteiger partial charge in [-0.25, -0.2) is 13.4 Å². The van der Waals surface area contributed by atoms with Crippen molar-refractivity contribution in [3.8, 4) is 0 Å². The molecule has 7 heteroatoms. The number of rotatable bonds is 4. The van der Waals surface area contributed by atoms with Crippen molar-refractivity contribution in [1.29, 1.82) is 0 Å². The first-order valence-corrected chi connectivity index (χ1v) is 6.31. The van der Waals surface area contributed by atoms with Crippen molar-refractivity contribution in [2.45, 2.75) is 0 Å². The van der Waals surface area contributed by atoms with E-state index in [1.165, 1.54) is 6.20 Å². The third-order valence-corrected chi connectivity index (χ3v) is 3.31. The van der Waals surface area contributed by atoms with Gasteiger partial charge < -0.3 is 5.73 Å². The number of pyridine rings is 1. The van der Waals surface area contributed by atoms with Crippen molar-refractivity contribution in [2.75, 3.05) is 17.0 Å². The molecule has 0 fully saturated rings. The highest BCUT2D eigenvalue weighted by Crippen LogP contribution is 2.19. The lowest BCUT2D eigenvalue weighted by Crippen LogP contribution is -2.23. The smallest absolute Gasteiger partial charge is 0.235 e. The number of halogens is 1. The van der Waals surface area contributed by atoms with E-state index in [1.54, 1.807) is 12.1 Å². The second-order valence-electron chi connectivity index (χ2n) is 2.54. The van der Waals surface area contributed by atoms with Crippen LogP contribution in [-0.4, -0.2) is 25.7 Å². The van der Waals surface area contributed by atoms with Crippen LogP contribution in [0.3, 0.4) is 0 Å². The summed E-state index contributed by atoms with van der Waals surface area (Å²) in [6.45, 7) is 0.0831. The molecule has 0 atom stereocenters. The molecular weight excluding hydrogens is 270 g/mol. The molecule has 0 bridgehead atoms. The Bertz CT molecular complexity index is 407. The highest BCUT2D eigenvalue weighted by molar-refractivity contribution is 9.10. The topological polar surface area (TPSA) is 85.1 Å². The van der Waals surface area contributed by atoms with Crippen LogP contribution in [0.15, 0.2) is 22.8 Å². The van der Waals surface area contributed by atoms with Gasteiger partial charge in [-0.2, -0.15) is 0 Å². The van der Waals surface area contributed by atoms with Crippen molar-refractivity contribution in [2.24, 2.45) is 5.73 Å². The summed E-state index contributed by atoms with van der Waals surface area (Å²) in [5.41, 5.74) is 5.16. The van der Waals surface area contributed by atoms with E-state index in [4.69, 9.17) is 5.73 Å². The zero-order valence-electron chi connectivity index (χ0n) is 7.27. The maximum absolute atomic E-state index is 11.3. The summed E-state index contributed by atoms with van der Waals surface area (Å²) >= 11 is 3.18. The quantitative estimate of drug-likeness (QED) is 0.843. The summed E-state index contributed by atoms with van der Waals surface area (Å²) < 4.78 is 25.5. The fourth-order valence-corrected chi connectivity index (χ4v) is 2.17. The van der Waals surface area contributed by atoms with Crippen LogP contribution in [-0.2, 0) is 10.0 Å². The Hall–Kier alpha value is -0.660. The standard InChI is InChI=1S/C7H10BrN3O2S/c8-6-2-1-4-10-7(6)11-14(12,13)5-3-9/h1-2,4H,3,5,9H2,(H,10,11). The highest BCUT2D eigenvalue weighted by Gasteiger charge is 2.11. The van der Waals surface area contributed by atoms with E-state index in [0.717, 1.165) is 0 Å². The number of hydrogen-bond donors (Lipinski definition) is 2. The predicted molar refractivity (Wildman–Crippen MR) is 58.4 cm³/mol. The van der Waals surface area contributed by atoms with Gasteiger partial charge in [-0.1, -0.05) is 0 Å². The fourth-order valence-electron chi connectivity index (χ4n) is 0.814. The van der Waals surface area contributed by atoms with E-state index < -0.39 is 10.0 Å². The molecule has 14 heavy (non-hydrogen) atoms. The molecule has 0 unspecified atom stereocenters. The summed E-state index contributed by atoms with van der Waals surface area (Å²) in [5.74, 6) is 0.164. The number of nitrogens with two attached hydrogens (primary N) is 1. The van der Waals surface area contributed by atoms with Gasteiger partial charge in [0.25, 0.3) is 0 Å². The molecule has 1 aromatic rings. The van der Waals surface area contributed by atoms with Crippen LogP contribution in [0, 0.1) is 0 Å².